The van der Waals surface area contributed by atoms with Crippen molar-refractivity contribution in [3.63, 3.8) is 0 Å². The second-order valence-corrected chi connectivity index (χ2v) is 6.08. The van der Waals surface area contributed by atoms with Crippen molar-refractivity contribution in [1.29, 1.82) is 0 Å². The topological polar surface area (TPSA) is 49.8 Å². The number of benzene rings is 1. The quantitative estimate of drug-likeness (QED) is 0.875. The van der Waals surface area contributed by atoms with E-state index in [0.717, 1.165) is 37.2 Å². The lowest BCUT2D eigenvalue weighted by atomic mass is 10.1. The third kappa shape index (κ3) is 4.73. The Bertz CT molecular complexity index is 441. The molecule has 1 heterocycles. The summed E-state index contributed by atoms with van der Waals surface area (Å²) < 4.78 is 5.52. The number of thioether (sulfide) groups is 1. The van der Waals surface area contributed by atoms with E-state index in [1.165, 1.54) is 5.56 Å². The molecule has 116 valence electrons. The summed E-state index contributed by atoms with van der Waals surface area (Å²) in [5.41, 5.74) is 2.00. The average Bonchev–Trinajstić information content (AvgIpc) is 2.54. The molecule has 0 bridgehead atoms. The van der Waals surface area contributed by atoms with Gasteiger partial charge in [0.25, 0.3) is 5.91 Å². The van der Waals surface area contributed by atoms with E-state index >= 15 is 0 Å². The Labute approximate surface area is 130 Å². The molecule has 1 aliphatic heterocycles. The lowest BCUT2D eigenvalue weighted by Gasteiger charge is -2.32. The van der Waals surface area contributed by atoms with Crippen LogP contribution < -0.4 is 0 Å². The first kappa shape index (κ1) is 16.3. The number of hydrogen-bond acceptors (Lipinski definition) is 4. The molecule has 0 unspecified atom stereocenters. The second-order valence-electron chi connectivity index (χ2n) is 5.22. The van der Waals surface area contributed by atoms with Crippen molar-refractivity contribution in [1.82, 2.24) is 4.90 Å². The number of aliphatic hydroxyl groups is 1. The largest absolute Gasteiger partial charge is 0.394 e. The van der Waals surface area contributed by atoms with Gasteiger partial charge < -0.3 is 14.7 Å². The first-order valence-electron chi connectivity index (χ1n) is 7.34. The van der Waals surface area contributed by atoms with Crippen LogP contribution in [-0.2, 0) is 10.5 Å². The van der Waals surface area contributed by atoms with Crippen LogP contribution in [0.2, 0.25) is 0 Å². The normalized spacial score (nSPS) is 16.2. The van der Waals surface area contributed by atoms with Crippen LogP contribution >= 0.6 is 11.8 Å². The van der Waals surface area contributed by atoms with Crippen molar-refractivity contribution in [2.45, 2.75) is 24.7 Å². The van der Waals surface area contributed by atoms with Gasteiger partial charge in [-0.15, -0.1) is 0 Å². The number of amides is 1. The van der Waals surface area contributed by atoms with E-state index in [4.69, 9.17) is 9.84 Å². The van der Waals surface area contributed by atoms with Gasteiger partial charge in [0.1, 0.15) is 0 Å². The number of ether oxygens (including phenoxy) is 1. The van der Waals surface area contributed by atoms with E-state index in [1.54, 1.807) is 11.8 Å². The molecule has 4 nitrogen and oxygen atoms in total. The number of hydrogen-bond donors (Lipinski definition) is 1. The Balaban J connectivity index is 1.86. The van der Waals surface area contributed by atoms with E-state index in [9.17, 15) is 4.79 Å². The third-order valence-corrected chi connectivity index (χ3v) is 4.31. The first-order chi connectivity index (χ1) is 10.2. The summed E-state index contributed by atoms with van der Waals surface area (Å²) in [6, 6.07) is 7.89. The minimum atomic E-state index is 0.0571. The number of aliphatic hydroxyl groups excluding tert-OH is 1. The van der Waals surface area contributed by atoms with E-state index in [1.807, 2.05) is 29.2 Å². The van der Waals surface area contributed by atoms with E-state index < -0.39 is 0 Å². The van der Waals surface area contributed by atoms with Crippen molar-refractivity contribution in [2.24, 2.45) is 0 Å². The Hall–Kier alpha value is -1.04. The van der Waals surface area contributed by atoms with Crippen LogP contribution in [0.1, 0.15) is 28.8 Å². The molecule has 0 radical (unpaired) electrons. The minimum Gasteiger partial charge on any atom is -0.394 e. The van der Waals surface area contributed by atoms with Gasteiger partial charge in [-0.1, -0.05) is 12.1 Å². The molecule has 1 aromatic carbocycles. The predicted octanol–water partition coefficient (Wildman–Crippen LogP) is 2.16. The molecular weight excluding hydrogens is 286 g/mol. The highest BCUT2D eigenvalue weighted by molar-refractivity contribution is 7.97. The fourth-order valence-corrected chi connectivity index (χ4v) is 3.06. The molecule has 1 aliphatic rings. The maximum atomic E-state index is 12.4. The number of nitrogens with zero attached hydrogens (tertiary/aromatic N) is 1. The summed E-state index contributed by atoms with van der Waals surface area (Å²) in [6.45, 7) is 1.89. The Morgan fingerprint density at radius 2 is 2.00 bits per heavy atom. The highest BCUT2D eigenvalue weighted by Gasteiger charge is 2.23. The van der Waals surface area contributed by atoms with Crippen molar-refractivity contribution >= 4 is 17.7 Å². The van der Waals surface area contributed by atoms with Crippen LogP contribution in [0.3, 0.4) is 0 Å². The predicted molar refractivity (Wildman–Crippen MR) is 85.6 cm³/mol. The fourth-order valence-electron chi connectivity index (χ4n) is 2.54. The lowest BCUT2D eigenvalue weighted by molar-refractivity contribution is -0.00554. The molecule has 1 saturated heterocycles. The van der Waals surface area contributed by atoms with Crippen molar-refractivity contribution in [3.8, 4) is 0 Å². The van der Waals surface area contributed by atoms with Crippen LogP contribution in [0, 0.1) is 0 Å². The molecule has 0 saturated carbocycles. The third-order valence-electron chi connectivity index (χ3n) is 3.69. The Morgan fingerprint density at radius 1 is 1.33 bits per heavy atom. The molecule has 5 heteroatoms. The van der Waals surface area contributed by atoms with Crippen LogP contribution in [0.15, 0.2) is 24.3 Å². The number of carbonyl (C=O) groups is 1. The number of likely N-dealkylation sites (tertiary alicyclic amines) is 1. The van der Waals surface area contributed by atoms with Crippen LogP contribution in [-0.4, -0.2) is 54.6 Å². The zero-order chi connectivity index (χ0) is 15.1. The molecule has 1 fully saturated rings. The van der Waals surface area contributed by atoms with Crippen molar-refractivity contribution in [2.75, 3.05) is 32.6 Å². The monoisotopic (exact) mass is 309 g/mol. The molecule has 0 aliphatic carbocycles. The first-order valence-corrected chi connectivity index (χ1v) is 8.73. The van der Waals surface area contributed by atoms with E-state index in [0.29, 0.717) is 6.61 Å². The number of piperidine rings is 1. The SMILES string of the molecule is CSCc1ccc(C(=O)N2CCC(OCCO)CC2)cc1. The molecule has 1 N–H and O–H groups in total. The lowest BCUT2D eigenvalue weighted by Crippen LogP contribution is -2.41. The van der Waals surface area contributed by atoms with Gasteiger partial charge in [-0.3, -0.25) is 4.79 Å². The van der Waals surface area contributed by atoms with Gasteiger partial charge in [0.2, 0.25) is 0 Å². The van der Waals surface area contributed by atoms with Gasteiger partial charge in [-0.05, 0) is 36.8 Å². The summed E-state index contributed by atoms with van der Waals surface area (Å²) >= 11 is 1.78. The van der Waals surface area contributed by atoms with Crippen LogP contribution in [0.5, 0.6) is 0 Å². The Kier molecular flexibility index (Phi) is 6.54. The highest BCUT2D eigenvalue weighted by atomic mass is 32.2. The summed E-state index contributed by atoms with van der Waals surface area (Å²) in [5, 5.41) is 8.76. The molecular formula is C16H23NO3S. The fraction of sp³-hybridized carbons (Fsp3) is 0.562. The standard InChI is InChI=1S/C16H23NO3S/c1-21-12-13-2-4-14(5-3-13)16(19)17-8-6-15(7-9-17)20-11-10-18/h2-5,15,18H,6-12H2,1H3. The molecule has 1 aromatic rings. The average molecular weight is 309 g/mol. The maximum Gasteiger partial charge on any atom is 0.253 e. The maximum absolute atomic E-state index is 12.4. The summed E-state index contributed by atoms with van der Waals surface area (Å²) in [7, 11) is 0. The zero-order valence-corrected chi connectivity index (χ0v) is 13.3. The minimum absolute atomic E-state index is 0.0571. The number of carbonyl (C=O) groups excluding carboxylic acids is 1. The number of rotatable bonds is 6. The molecule has 1 amide bonds. The van der Waals surface area contributed by atoms with Gasteiger partial charge in [0.15, 0.2) is 0 Å². The van der Waals surface area contributed by atoms with Gasteiger partial charge in [-0.2, -0.15) is 11.8 Å². The van der Waals surface area contributed by atoms with E-state index in [2.05, 4.69) is 6.26 Å². The van der Waals surface area contributed by atoms with Gasteiger partial charge in [0, 0.05) is 24.4 Å². The summed E-state index contributed by atoms with van der Waals surface area (Å²) in [4.78, 5) is 14.3. The van der Waals surface area contributed by atoms with Crippen LogP contribution in [0.25, 0.3) is 0 Å². The van der Waals surface area contributed by atoms with Crippen molar-refractivity contribution in [3.05, 3.63) is 35.4 Å². The van der Waals surface area contributed by atoms with Gasteiger partial charge in [0.05, 0.1) is 19.3 Å². The van der Waals surface area contributed by atoms with Crippen LogP contribution in [0.4, 0.5) is 0 Å². The molecule has 0 aromatic heterocycles. The Morgan fingerprint density at radius 3 is 2.57 bits per heavy atom. The highest BCUT2D eigenvalue weighted by Crippen LogP contribution is 2.17. The molecule has 2 rings (SSSR count). The summed E-state index contributed by atoms with van der Waals surface area (Å²) in [5.74, 6) is 1.08. The molecule has 21 heavy (non-hydrogen) atoms. The zero-order valence-electron chi connectivity index (χ0n) is 12.5. The smallest absolute Gasteiger partial charge is 0.253 e. The van der Waals surface area contributed by atoms with Gasteiger partial charge in [-0.25, -0.2) is 0 Å². The molecule has 0 atom stereocenters. The van der Waals surface area contributed by atoms with E-state index in [-0.39, 0.29) is 18.6 Å². The van der Waals surface area contributed by atoms with Crippen molar-refractivity contribution < 1.29 is 14.6 Å². The second kappa shape index (κ2) is 8.41. The van der Waals surface area contributed by atoms with Gasteiger partial charge >= 0.3 is 0 Å². The summed E-state index contributed by atoms with van der Waals surface area (Å²) in [6.07, 6.45) is 3.93. The molecule has 0 spiro atoms.